The minimum Gasteiger partial charge on any atom is -0.444 e. The molecule has 134 valence electrons. The molecule has 1 fully saturated rings. The number of nitrogens with zero attached hydrogens (tertiary/aromatic N) is 3. The van der Waals surface area contributed by atoms with Gasteiger partial charge in [0, 0.05) is 35.7 Å². The maximum absolute atomic E-state index is 12.1. The Labute approximate surface area is 151 Å². The Morgan fingerprint density at radius 1 is 1.32 bits per heavy atom. The van der Waals surface area contributed by atoms with Crippen LogP contribution in [-0.2, 0) is 4.74 Å². The fourth-order valence-corrected chi connectivity index (χ4v) is 3.76. The zero-order valence-corrected chi connectivity index (χ0v) is 15.8. The van der Waals surface area contributed by atoms with Gasteiger partial charge in [0.1, 0.15) is 5.60 Å². The topological polar surface area (TPSA) is 68.5 Å². The molecule has 0 bridgehead atoms. The molecule has 0 spiro atoms. The van der Waals surface area contributed by atoms with E-state index in [2.05, 4.69) is 22.3 Å². The number of benzene rings is 1. The molecule has 0 unspecified atom stereocenters. The normalized spacial score (nSPS) is 17.8. The summed E-state index contributed by atoms with van der Waals surface area (Å²) in [6.45, 7) is 8.90. The van der Waals surface area contributed by atoms with Crippen LogP contribution < -0.4 is 0 Å². The number of hydrogen-bond donors (Lipinski definition) is 0. The molecule has 2 aromatic rings. The van der Waals surface area contributed by atoms with Crippen LogP contribution in [0.25, 0.3) is 11.4 Å². The van der Waals surface area contributed by atoms with Crippen molar-refractivity contribution in [3.63, 3.8) is 0 Å². The van der Waals surface area contributed by atoms with Crippen LogP contribution in [0.4, 0.5) is 4.79 Å². The average molecular weight is 361 g/mol. The van der Waals surface area contributed by atoms with Crippen LogP contribution in [0.2, 0.25) is 0 Å². The number of carbonyl (C=O) groups excluding carboxylic acids is 1. The van der Waals surface area contributed by atoms with Gasteiger partial charge in [-0.25, -0.2) is 4.79 Å². The van der Waals surface area contributed by atoms with Gasteiger partial charge >= 0.3 is 6.09 Å². The number of rotatable bonds is 3. The second-order valence-corrected chi connectivity index (χ2v) is 8.49. The summed E-state index contributed by atoms with van der Waals surface area (Å²) in [5, 5.41) is 4.31. The lowest BCUT2D eigenvalue weighted by Crippen LogP contribution is -2.35. The number of ether oxygens (including phenoxy) is 1. The largest absolute Gasteiger partial charge is 0.444 e. The summed E-state index contributed by atoms with van der Waals surface area (Å²) in [5.41, 5.74) is 0.481. The smallest absolute Gasteiger partial charge is 0.410 e. The molecule has 0 N–H and O–H groups in total. The molecule has 0 radical (unpaired) electrons. The van der Waals surface area contributed by atoms with E-state index in [1.54, 1.807) is 23.6 Å². The lowest BCUT2D eigenvalue weighted by atomic mass is 10.2. The first-order chi connectivity index (χ1) is 11.8. The molecule has 0 saturated carbocycles. The highest BCUT2D eigenvalue weighted by atomic mass is 32.2. The van der Waals surface area contributed by atoms with Gasteiger partial charge in [-0.2, -0.15) is 4.98 Å². The Balaban J connectivity index is 1.56. The molecule has 1 aromatic heterocycles. The van der Waals surface area contributed by atoms with Crippen LogP contribution in [0.5, 0.6) is 0 Å². The number of thioether (sulfide) groups is 1. The van der Waals surface area contributed by atoms with E-state index in [9.17, 15) is 4.79 Å². The zero-order valence-electron chi connectivity index (χ0n) is 15.0. The summed E-state index contributed by atoms with van der Waals surface area (Å²) in [4.78, 5) is 19.3. The fraction of sp³-hybridized carbons (Fsp3) is 0.500. The van der Waals surface area contributed by atoms with Crippen molar-refractivity contribution < 1.29 is 14.1 Å². The first kappa shape index (κ1) is 17.8. The van der Waals surface area contributed by atoms with Gasteiger partial charge in [-0.1, -0.05) is 5.16 Å². The standard InChI is InChI=1S/C18H23N3O3S/c1-12-19-16(20-24-12)13-5-7-14(8-6-13)25-15-9-10-21(11-15)17(22)23-18(2,3)4/h5-8,15H,9-11H2,1-4H3/t15-/m1/s1. The summed E-state index contributed by atoms with van der Waals surface area (Å²) in [6, 6.07) is 8.10. The molecule has 1 atom stereocenters. The third-order valence-electron chi connectivity index (χ3n) is 3.74. The van der Waals surface area contributed by atoms with Gasteiger partial charge in [-0.3, -0.25) is 0 Å². The Hall–Kier alpha value is -2.02. The van der Waals surface area contributed by atoms with Gasteiger partial charge in [0.25, 0.3) is 0 Å². The van der Waals surface area contributed by atoms with Crippen LogP contribution in [0.15, 0.2) is 33.7 Å². The van der Waals surface area contributed by atoms with Gasteiger partial charge in [0.15, 0.2) is 0 Å². The van der Waals surface area contributed by atoms with Crippen molar-refractivity contribution in [3.05, 3.63) is 30.2 Å². The van der Waals surface area contributed by atoms with Crippen molar-refractivity contribution in [2.45, 2.75) is 49.9 Å². The SMILES string of the molecule is Cc1nc(-c2ccc(S[C@@H]3CCN(C(=O)OC(C)(C)C)C3)cc2)no1. The predicted octanol–water partition coefficient (Wildman–Crippen LogP) is 4.15. The van der Waals surface area contributed by atoms with E-state index in [1.807, 2.05) is 32.9 Å². The molecule has 6 nitrogen and oxygen atoms in total. The van der Waals surface area contributed by atoms with E-state index >= 15 is 0 Å². The Bertz CT molecular complexity index is 737. The maximum Gasteiger partial charge on any atom is 0.410 e. The summed E-state index contributed by atoms with van der Waals surface area (Å²) in [7, 11) is 0. The van der Waals surface area contributed by atoms with E-state index < -0.39 is 5.60 Å². The quantitative estimate of drug-likeness (QED) is 0.818. The Morgan fingerprint density at radius 2 is 2.04 bits per heavy atom. The molecule has 1 aromatic carbocycles. The van der Waals surface area contributed by atoms with Crippen LogP contribution in [0, 0.1) is 6.92 Å². The number of aromatic nitrogens is 2. The number of hydrogen-bond acceptors (Lipinski definition) is 6. The summed E-state index contributed by atoms with van der Waals surface area (Å²) >= 11 is 1.79. The van der Waals surface area contributed by atoms with E-state index in [0.29, 0.717) is 23.5 Å². The zero-order chi connectivity index (χ0) is 18.0. The summed E-state index contributed by atoms with van der Waals surface area (Å²) in [5.74, 6) is 1.16. The first-order valence-corrected chi connectivity index (χ1v) is 9.23. The highest BCUT2D eigenvalue weighted by molar-refractivity contribution is 8.00. The molecule has 7 heteroatoms. The molecule has 3 rings (SSSR count). The minimum atomic E-state index is -0.453. The predicted molar refractivity (Wildman–Crippen MR) is 96.5 cm³/mol. The van der Waals surface area contributed by atoms with Crippen molar-refractivity contribution in [1.29, 1.82) is 0 Å². The molecule has 1 aliphatic rings. The molecule has 1 aliphatic heterocycles. The molecule has 0 aliphatic carbocycles. The van der Waals surface area contributed by atoms with Crippen molar-refractivity contribution >= 4 is 17.9 Å². The van der Waals surface area contributed by atoms with Gasteiger partial charge in [-0.05, 0) is 51.5 Å². The number of carbonyl (C=O) groups is 1. The Morgan fingerprint density at radius 3 is 2.64 bits per heavy atom. The second-order valence-electron chi connectivity index (χ2n) is 7.12. The molecule has 2 heterocycles. The fourth-order valence-electron chi connectivity index (χ4n) is 2.61. The molecular weight excluding hydrogens is 338 g/mol. The molecule has 25 heavy (non-hydrogen) atoms. The number of amides is 1. The Kier molecular flexibility index (Phi) is 5.03. The molecule has 1 amide bonds. The summed E-state index contributed by atoms with van der Waals surface area (Å²) < 4.78 is 10.5. The van der Waals surface area contributed by atoms with E-state index in [1.165, 1.54) is 4.90 Å². The van der Waals surface area contributed by atoms with Gasteiger partial charge in [0.2, 0.25) is 11.7 Å². The van der Waals surface area contributed by atoms with Crippen molar-refractivity contribution in [3.8, 4) is 11.4 Å². The monoisotopic (exact) mass is 361 g/mol. The number of likely N-dealkylation sites (tertiary alicyclic amines) is 1. The van der Waals surface area contributed by atoms with Crippen LogP contribution >= 0.6 is 11.8 Å². The van der Waals surface area contributed by atoms with Crippen molar-refractivity contribution in [2.75, 3.05) is 13.1 Å². The lowest BCUT2D eigenvalue weighted by molar-refractivity contribution is 0.0295. The highest BCUT2D eigenvalue weighted by Crippen LogP contribution is 2.31. The van der Waals surface area contributed by atoms with Gasteiger partial charge < -0.3 is 14.2 Å². The lowest BCUT2D eigenvalue weighted by Gasteiger charge is -2.24. The summed E-state index contributed by atoms with van der Waals surface area (Å²) in [6.07, 6.45) is 0.744. The van der Waals surface area contributed by atoms with Crippen LogP contribution in [-0.4, -0.2) is 45.1 Å². The number of aryl methyl sites for hydroxylation is 1. The van der Waals surface area contributed by atoms with Crippen molar-refractivity contribution in [2.24, 2.45) is 0 Å². The maximum atomic E-state index is 12.1. The third kappa shape index (κ3) is 4.75. The van der Waals surface area contributed by atoms with E-state index in [-0.39, 0.29) is 6.09 Å². The van der Waals surface area contributed by atoms with Gasteiger partial charge in [-0.15, -0.1) is 11.8 Å². The second kappa shape index (κ2) is 7.07. The highest BCUT2D eigenvalue weighted by Gasteiger charge is 2.30. The van der Waals surface area contributed by atoms with Crippen molar-refractivity contribution in [1.82, 2.24) is 15.0 Å². The van der Waals surface area contributed by atoms with Gasteiger partial charge in [0.05, 0.1) is 0 Å². The van der Waals surface area contributed by atoms with Crippen LogP contribution in [0.3, 0.4) is 0 Å². The average Bonchev–Trinajstić information content (AvgIpc) is 3.16. The molecular formula is C18H23N3O3S. The van der Waals surface area contributed by atoms with E-state index in [4.69, 9.17) is 9.26 Å². The minimum absolute atomic E-state index is 0.224. The molecule has 1 saturated heterocycles. The first-order valence-electron chi connectivity index (χ1n) is 8.35. The third-order valence-corrected chi connectivity index (χ3v) is 5.00. The van der Waals surface area contributed by atoms with Crippen LogP contribution in [0.1, 0.15) is 33.1 Å². The van der Waals surface area contributed by atoms with E-state index in [0.717, 1.165) is 18.5 Å².